The highest BCUT2D eigenvalue weighted by atomic mass is 35.5. The van der Waals surface area contributed by atoms with Gasteiger partial charge in [-0.2, -0.15) is 0 Å². The lowest BCUT2D eigenvalue weighted by Gasteiger charge is -2.43. The van der Waals surface area contributed by atoms with E-state index >= 15 is 0 Å². The number of aromatic nitrogens is 1. The van der Waals surface area contributed by atoms with Crippen LogP contribution < -0.4 is 5.32 Å². The first-order chi connectivity index (χ1) is 21.3. The fraction of sp³-hybridized carbons (Fsp3) is 0.379. The Morgan fingerprint density at radius 1 is 0.867 bits per heavy atom. The Morgan fingerprint density at radius 3 is 2.20 bits per heavy atom. The summed E-state index contributed by atoms with van der Waals surface area (Å²) in [4.78, 5) is 64.6. The van der Waals surface area contributed by atoms with Crippen LogP contribution in [0.4, 0.5) is 5.69 Å². The standard InChI is InChI=1S/C29H28Cl2N2O12/c1-13(34)39-11-22-25(41-14(2)35)26(42-15(3)36)27(43-16(4)37)29(45-22)40-12-23(38)32-17-8-9-21-20(10-17)33-28(44-21)18-6-5-7-19(30)24(18)31/h5-10,22,25-27,29H,11-12H2,1-4H3,(H,32,38)/t22-,25-,26+,27+,29-/m1/s1. The van der Waals surface area contributed by atoms with Gasteiger partial charge in [-0.15, -0.1) is 0 Å². The topological polar surface area (TPSA) is 179 Å². The van der Waals surface area contributed by atoms with E-state index in [1.54, 1.807) is 36.4 Å². The zero-order valence-corrected chi connectivity index (χ0v) is 25.9. The summed E-state index contributed by atoms with van der Waals surface area (Å²) in [5.74, 6) is -3.48. The molecule has 0 unspecified atom stereocenters. The molecule has 1 saturated heterocycles. The lowest BCUT2D eigenvalue weighted by molar-refractivity contribution is -0.306. The number of rotatable bonds is 10. The van der Waals surface area contributed by atoms with Crippen LogP contribution in [0.25, 0.3) is 22.6 Å². The predicted molar refractivity (Wildman–Crippen MR) is 156 cm³/mol. The highest BCUT2D eigenvalue weighted by Gasteiger charge is 2.52. The summed E-state index contributed by atoms with van der Waals surface area (Å²) < 4.78 is 38.3. The number of benzene rings is 2. The third-order valence-corrected chi connectivity index (χ3v) is 7.00. The molecule has 1 aliphatic rings. The van der Waals surface area contributed by atoms with Crippen LogP contribution in [0.1, 0.15) is 27.7 Å². The van der Waals surface area contributed by atoms with Gasteiger partial charge in [-0.05, 0) is 30.3 Å². The fourth-order valence-electron chi connectivity index (χ4n) is 4.47. The van der Waals surface area contributed by atoms with Crippen molar-refractivity contribution < 1.29 is 56.8 Å². The van der Waals surface area contributed by atoms with Crippen LogP contribution in [0.2, 0.25) is 10.0 Å². The monoisotopic (exact) mass is 666 g/mol. The molecule has 5 atom stereocenters. The minimum atomic E-state index is -1.51. The number of nitrogens with one attached hydrogen (secondary N) is 1. The Balaban J connectivity index is 1.51. The Kier molecular flexibility index (Phi) is 11.0. The van der Waals surface area contributed by atoms with Gasteiger partial charge in [0.2, 0.25) is 11.8 Å². The summed E-state index contributed by atoms with van der Waals surface area (Å²) in [7, 11) is 0. The number of carbonyl (C=O) groups excluding carboxylic acids is 5. The molecule has 0 saturated carbocycles. The Morgan fingerprint density at radius 2 is 1.53 bits per heavy atom. The number of nitrogens with zero attached hydrogens (tertiary/aromatic N) is 1. The zero-order valence-electron chi connectivity index (χ0n) is 24.4. The molecule has 0 radical (unpaired) electrons. The number of esters is 4. The number of ether oxygens (including phenoxy) is 6. The number of halogens is 2. The molecule has 4 rings (SSSR count). The van der Waals surface area contributed by atoms with E-state index in [1.165, 1.54) is 0 Å². The smallest absolute Gasteiger partial charge is 0.303 e. The van der Waals surface area contributed by atoms with Crippen molar-refractivity contribution in [1.29, 1.82) is 0 Å². The molecule has 16 heteroatoms. The van der Waals surface area contributed by atoms with Gasteiger partial charge < -0.3 is 38.2 Å². The molecule has 2 heterocycles. The SMILES string of the molecule is CC(=O)OC[C@H]1O[C@@H](OCC(=O)Nc2ccc3oc(-c4cccc(Cl)c4Cl)nc3c2)[C@@H](OC(C)=O)[C@@H](OC(C)=O)[C@@H]1OC(C)=O. The second-order valence-electron chi connectivity index (χ2n) is 9.73. The Labute approximate surface area is 266 Å². The second-order valence-corrected chi connectivity index (χ2v) is 10.5. The van der Waals surface area contributed by atoms with Crippen molar-refractivity contribution in [3.8, 4) is 11.5 Å². The molecule has 2 aromatic carbocycles. The predicted octanol–water partition coefficient (Wildman–Crippen LogP) is 3.84. The van der Waals surface area contributed by atoms with Crippen LogP contribution in [0.15, 0.2) is 40.8 Å². The molecule has 1 aromatic heterocycles. The molecular formula is C29H28Cl2N2O12. The molecular weight excluding hydrogens is 639 g/mol. The van der Waals surface area contributed by atoms with Crippen LogP contribution in [-0.2, 0) is 52.4 Å². The van der Waals surface area contributed by atoms with Crippen molar-refractivity contribution in [3.05, 3.63) is 46.4 Å². The molecule has 45 heavy (non-hydrogen) atoms. The lowest BCUT2D eigenvalue weighted by atomic mass is 9.98. The molecule has 1 N–H and O–H groups in total. The van der Waals surface area contributed by atoms with Crippen LogP contribution in [-0.4, -0.2) is 78.7 Å². The molecule has 0 aliphatic carbocycles. The molecule has 1 aliphatic heterocycles. The van der Waals surface area contributed by atoms with E-state index in [0.717, 1.165) is 27.7 Å². The summed E-state index contributed by atoms with van der Waals surface area (Å²) in [6.45, 7) is 3.36. The minimum absolute atomic E-state index is 0.230. The van der Waals surface area contributed by atoms with E-state index in [9.17, 15) is 24.0 Å². The molecule has 1 fully saturated rings. The molecule has 3 aromatic rings. The maximum absolute atomic E-state index is 12.9. The van der Waals surface area contributed by atoms with Crippen LogP contribution in [0.5, 0.6) is 0 Å². The number of oxazole rings is 1. The molecule has 0 bridgehead atoms. The van der Waals surface area contributed by atoms with Gasteiger partial charge in [0.25, 0.3) is 0 Å². The number of anilines is 1. The summed E-state index contributed by atoms with van der Waals surface area (Å²) in [6.07, 6.45) is -7.00. The highest BCUT2D eigenvalue weighted by molar-refractivity contribution is 6.43. The number of carbonyl (C=O) groups is 5. The van der Waals surface area contributed by atoms with Gasteiger partial charge in [0, 0.05) is 33.4 Å². The lowest BCUT2D eigenvalue weighted by Crippen LogP contribution is -2.63. The fourth-order valence-corrected chi connectivity index (χ4v) is 4.85. The van der Waals surface area contributed by atoms with Crippen LogP contribution in [0, 0.1) is 0 Å². The van der Waals surface area contributed by atoms with Crippen LogP contribution >= 0.6 is 23.2 Å². The van der Waals surface area contributed by atoms with Gasteiger partial charge in [-0.3, -0.25) is 24.0 Å². The van der Waals surface area contributed by atoms with E-state index in [0.29, 0.717) is 27.4 Å². The van der Waals surface area contributed by atoms with Gasteiger partial charge in [0.15, 0.2) is 30.2 Å². The van der Waals surface area contributed by atoms with E-state index in [4.69, 9.17) is 56.0 Å². The zero-order chi connectivity index (χ0) is 32.8. The summed E-state index contributed by atoms with van der Waals surface area (Å²) in [5.41, 5.74) is 1.67. The Hall–Kier alpha value is -4.24. The largest absolute Gasteiger partial charge is 0.463 e. The highest BCUT2D eigenvalue weighted by Crippen LogP contribution is 2.35. The summed E-state index contributed by atoms with van der Waals surface area (Å²) in [5, 5.41) is 3.26. The normalized spacial score (nSPS) is 21.1. The van der Waals surface area contributed by atoms with Crippen LogP contribution in [0.3, 0.4) is 0 Å². The minimum Gasteiger partial charge on any atom is -0.463 e. The molecule has 240 valence electrons. The van der Waals surface area contributed by atoms with Crippen molar-refractivity contribution in [2.45, 2.75) is 58.4 Å². The number of hydrogen-bond donors (Lipinski definition) is 1. The van der Waals surface area contributed by atoms with Gasteiger partial charge in [0.05, 0.1) is 15.6 Å². The van der Waals surface area contributed by atoms with Gasteiger partial charge in [0.1, 0.15) is 24.8 Å². The third-order valence-electron chi connectivity index (χ3n) is 6.18. The summed E-state index contributed by atoms with van der Waals surface area (Å²) >= 11 is 12.4. The van der Waals surface area contributed by atoms with Crippen molar-refractivity contribution in [2.24, 2.45) is 0 Å². The third kappa shape index (κ3) is 8.69. The molecule has 1 amide bonds. The van der Waals surface area contributed by atoms with Gasteiger partial charge >= 0.3 is 23.9 Å². The van der Waals surface area contributed by atoms with Crippen molar-refractivity contribution in [2.75, 3.05) is 18.5 Å². The first-order valence-electron chi connectivity index (χ1n) is 13.4. The van der Waals surface area contributed by atoms with Gasteiger partial charge in [-0.1, -0.05) is 29.3 Å². The second kappa shape index (κ2) is 14.7. The van der Waals surface area contributed by atoms with E-state index in [2.05, 4.69) is 10.3 Å². The van der Waals surface area contributed by atoms with E-state index in [-0.39, 0.29) is 10.9 Å². The number of hydrogen-bond acceptors (Lipinski definition) is 13. The maximum Gasteiger partial charge on any atom is 0.303 e. The van der Waals surface area contributed by atoms with Crippen molar-refractivity contribution in [1.82, 2.24) is 4.98 Å². The van der Waals surface area contributed by atoms with Crippen molar-refractivity contribution in [3.63, 3.8) is 0 Å². The summed E-state index contributed by atoms with van der Waals surface area (Å²) in [6, 6.07) is 9.77. The molecule has 0 spiro atoms. The average molecular weight is 667 g/mol. The first kappa shape index (κ1) is 33.6. The maximum atomic E-state index is 12.9. The quantitative estimate of drug-likeness (QED) is 0.244. The number of amides is 1. The average Bonchev–Trinajstić information content (AvgIpc) is 3.37. The van der Waals surface area contributed by atoms with E-state index in [1.807, 2.05) is 0 Å². The van der Waals surface area contributed by atoms with Crippen molar-refractivity contribution >= 4 is 69.8 Å². The Bertz CT molecular complexity index is 1610. The van der Waals surface area contributed by atoms with E-state index < -0.39 is 73.7 Å². The van der Waals surface area contributed by atoms with Gasteiger partial charge in [-0.25, -0.2) is 4.98 Å². The molecule has 14 nitrogen and oxygen atoms in total. The number of fused-ring (bicyclic) bond motifs is 1. The first-order valence-corrected chi connectivity index (χ1v) is 14.1.